The van der Waals surface area contributed by atoms with E-state index in [0.29, 0.717) is 12.5 Å². The van der Waals surface area contributed by atoms with Gasteiger partial charge in [-0.1, -0.05) is 30.3 Å². The van der Waals surface area contributed by atoms with E-state index in [9.17, 15) is 4.79 Å². The van der Waals surface area contributed by atoms with Crippen LogP contribution >= 0.6 is 0 Å². The number of hydrogen-bond donors (Lipinski definition) is 1. The molecule has 0 heterocycles. The molecule has 2 aromatic carbocycles. The fourth-order valence-corrected chi connectivity index (χ4v) is 2.59. The summed E-state index contributed by atoms with van der Waals surface area (Å²) in [5.74, 6) is 1.39. The van der Waals surface area contributed by atoms with Crippen molar-refractivity contribution in [2.75, 3.05) is 11.9 Å². The third-order valence-electron chi connectivity index (χ3n) is 3.79. The van der Waals surface area contributed by atoms with E-state index < -0.39 is 0 Å². The standard InChI is InChI=1S/C18H19NO2/c1-2-21-15-10-8-14(9-11-15)19-18(20)17-12-16(17)13-6-4-3-5-7-13/h3-11,16-17H,2,12H2,1H3,(H,19,20). The summed E-state index contributed by atoms with van der Waals surface area (Å²) < 4.78 is 5.39. The summed E-state index contributed by atoms with van der Waals surface area (Å²) in [5.41, 5.74) is 2.08. The van der Waals surface area contributed by atoms with Crippen LogP contribution in [0.2, 0.25) is 0 Å². The van der Waals surface area contributed by atoms with Gasteiger partial charge >= 0.3 is 0 Å². The molecule has 0 aromatic heterocycles. The minimum Gasteiger partial charge on any atom is -0.494 e. The van der Waals surface area contributed by atoms with Crippen LogP contribution in [0.4, 0.5) is 5.69 Å². The van der Waals surface area contributed by atoms with Crippen LogP contribution in [-0.4, -0.2) is 12.5 Å². The molecule has 1 fully saturated rings. The van der Waals surface area contributed by atoms with E-state index in [1.807, 2.05) is 49.4 Å². The van der Waals surface area contributed by atoms with Gasteiger partial charge in [0.05, 0.1) is 6.61 Å². The van der Waals surface area contributed by atoms with Gasteiger partial charge in [-0.25, -0.2) is 0 Å². The van der Waals surface area contributed by atoms with E-state index in [1.54, 1.807) is 0 Å². The monoisotopic (exact) mass is 281 g/mol. The Bertz CT molecular complexity index is 607. The van der Waals surface area contributed by atoms with Crippen LogP contribution in [0.5, 0.6) is 5.75 Å². The Morgan fingerprint density at radius 2 is 1.86 bits per heavy atom. The number of carbonyl (C=O) groups excluding carboxylic acids is 1. The number of ether oxygens (including phenoxy) is 1. The van der Waals surface area contributed by atoms with Crippen LogP contribution in [0.3, 0.4) is 0 Å². The summed E-state index contributed by atoms with van der Waals surface area (Å²) in [6.45, 7) is 2.60. The second kappa shape index (κ2) is 6.00. The topological polar surface area (TPSA) is 38.3 Å². The lowest BCUT2D eigenvalue weighted by molar-refractivity contribution is -0.117. The molecule has 0 radical (unpaired) electrons. The molecule has 1 N–H and O–H groups in total. The third kappa shape index (κ3) is 3.24. The lowest BCUT2D eigenvalue weighted by Crippen LogP contribution is -2.14. The van der Waals surface area contributed by atoms with Gasteiger partial charge in [0.25, 0.3) is 0 Å². The SMILES string of the molecule is CCOc1ccc(NC(=O)C2CC2c2ccccc2)cc1. The van der Waals surface area contributed by atoms with Crippen molar-refractivity contribution in [3.05, 3.63) is 60.2 Å². The molecule has 1 saturated carbocycles. The Labute approximate surface area is 124 Å². The molecule has 108 valence electrons. The van der Waals surface area contributed by atoms with E-state index in [1.165, 1.54) is 5.56 Å². The summed E-state index contributed by atoms with van der Waals surface area (Å²) in [4.78, 5) is 12.2. The highest BCUT2D eigenvalue weighted by molar-refractivity contribution is 5.95. The number of carbonyl (C=O) groups is 1. The second-order valence-electron chi connectivity index (χ2n) is 5.31. The molecule has 2 aromatic rings. The van der Waals surface area contributed by atoms with Crippen molar-refractivity contribution in [2.24, 2.45) is 5.92 Å². The summed E-state index contributed by atoms with van der Waals surface area (Å²) in [5, 5.41) is 2.98. The molecule has 3 rings (SSSR count). The van der Waals surface area contributed by atoms with Gasteiger partial charge in [0.2, 0.25) is 5.91 Å². The first kappa shape index (κ1) is 13.7. The minimum absolute atomic E-state index is 0.0963. The normalized spacial score (nSPS) is 19.9. The van der Waals surface area contributed by atoms with Crippen molar-refractivity contribution in [1.29, 1.82) is 0 Å². The summed E-state index contributed by atoms with van der Waals surface area (Å²) in [7, 11) is 0. The Kier molecular flexibility index (Phi) is 3.91. The fourth-order valence-electron chi connectivity index (χ4n) is 2.59. The molecular weight excluding hydrogens is 262 g/mol. The van der Waals surface area contributed by atoms with Gasteiger partial charge in [0.15, 0.2) is 0 Å². The number of rotatable bonds is 5. The first-order valence-electron chi connectivity index (χ1n) is 7.36. The molecule has 2 atom stereocenters. The number of hydrogen-bond acceptors (Lipinski definition) is 2. The van der Waals surface area contributed by atoms with Gasteiger partial charge in [-0.2, -0.15) is 0 Å². The Morgan fingerprint density at radius 3 is 2.52 bits per heavy atom. The minimum atomic E-state index is 0.0963. The second-order valence-corrected chi connectivity index (χ2v) is 5.31. The van der Waals surface area contributed by atoms with Gasteiger partial charge in [0, 0.05) is 11.6 Å². The van der Waals surface area contributed by atoms with E-state index in [4.69, 9.17) is 4.74 Å². The van der Waals surface area contributed by atoms with Crippen molar-refractivity contribution in [3.63, 3.8) is 0 Å². The quantitative estimate of drug-likeness (QED) is 0.904. The molecular formula is C18H19NO2. The van der Waals surface area contributed by atoms with Crippen molar-refractivity contribution in [1.82, 2.24) is 0 Å². The number of anilines is 1. The molecule has 1 aliphatic rings. The number of benzene rings is 2. The van der Waals surface area contributed by atoms with Gasteiger partial charge in [0.1, 0.15) is 5.75 Å². The van der Waals surface area contributed by atoms with Gasteiger partial charge < -0.3 is 10.1 Å². The van der Waals surface area contributed by atoms with E-state index in [-0.39, 0.29) is 11.8 Å². The maximum absolute atomic E-state index is 12.2. The van der Waals surface area contributed by atoms with Crippen LogP contribution in [0.1, 0.15) is 24.8 Å². The number of nitrogens with one attached hydrogen (secondary N) is 1. The predicted molar refractivity (Wildman–Crippen MR) is 83.5 cm³/mol. The van der Waals surface area contributed by atoms with E-state index in [0.717, 1.165) is 17.9 Å². The zero-order valence-electron chi connectivity index (χ0n) is 12.1. The molecule has 3 nitrogen and oxygen atoms in total. The van der Waals surface area contributed by atoms with Crippen LogP contribution in [0.15, 0.2) is 54.6 Å². The van der Waals surface area contributed by atoms with Crippen LogP contribution < -0.4 is 10.1 Å². The predicted octanol–water partition coefficient (Wildman–Crippen LogP) is 3.83. The van der Waals surface area contributed by atoms with Crippen molar-refractivity contribution in [3.8, 4) is 5.75 Å². The first-order chi connectivity index (χ1) is 10.3. The molecule has 0 aliphatic heterocycles. The summed E-state index contributed by atoms with van der Waals surface area (Å²) >= 11 is 0. The zero-order valence-corrected chi connectivity index (χ0v) is 12.1. The van der Waals surface area contributed by atoms with Gasteiger partial charge in [-0.05, 0) is 49.1 Å². The molecule has 0 spiro atoms. The van der Waals surface area contributed by atoms with Crippen LogP contribution in [-0.2, 0) is 4.79 Å². The Hall–Kier alpha value is -2.29. The van der Waals surface area contributed by atoms with Crippen molar-refractivity contribution < 1.29 is 9.53 Å². The van der Waals surface area contributed by atoms with Crippen LogP contribution in [0, 0.1) is 5.92 Å². The largest absolute Gasteiger partial charge is 0.494 e. The van der Waals surface area contributed by atoms with Crippen molar-refractivity contribution >= 4 is 11.6 Å². The molecule has 0 bridgehead atoms. The molecule has 1 aliphatic carbocycles. The number of amides is 1. The zero-order chi connectivity index (χ0) is 14.7. The smallest absolute Gasteiger partial charge is 0.228 e. The van der Waals surface area contributed by atoms with Gasteiger partial charge in [-0.15, -0.1) is 0 Å². The molecule has 21 heavy (non-hydrogen) atoms. The summed E-state index contributed by atoms with van der Waals surface area (Å²) in [6.07, 6.45) is 0.937. The van der Waals surface area contributed by atoms with Crippen molar-refractivity contribution in [2.45, 2.75) is 19.3 Å². The van der Waals surface area contributed by atoms with E-state index >= 15 is 0 Å². The lowest BCUT2D eigenvalue weighted by Gasteiger charge is -2.07. The fraction of sp³-hybridized carbons (Fsp3) is 0.278. The highest BCUT2D eigenvalue weighted by atomic mass is 16.5. The molecule has 3 heteroatoms. The third-order valence-corrected chi connectivity index (χ3v) is 3.79. The highest BCUT2D eigenvalue weighted by Crippen LogP contribution is 2.47. The average molecular weight is 281 g/mol. The molecule has 0 saturated heterocycles. The van der Waals surface area contributed by atoms with Crippen LogP contribution in [0.25, 0.3) is 0 Å². The maximum Gasteiger partial charge on any atom is 0.228 e. The first-order valence-corrected chi connectivity index (χ1v) is 7.36. The highest BCUT2D eigenvalue weighted by Gasteiger charge is 2.43. The van der Waals surface area contributed by atoms with E-state index in [2.05, 4.69) is 17.4 Å². The molecule has 1 amide bonds. The Morgan fingerprint density at radius 1 is 1.14 bits per heavy atom. The lowest BCUT2D eigenvalue weighted by atomic mass is 10.1. The van der Waals surface area contributed by atoms with Gasteiger partial charge in [-0.3, -0.25) is 4.79 Å². The average Bonchev–Trinajstić information content (AvgIpc) is 3.31. The maximum atomic E-state index is 12.2. The Balaban J connectivity index is 1.58. The molecule has 2 unspecified atom stereocenters. The summed E-state index contributed by atoms with van der Waals surface area (Å²) in [6, 6.07) is 17.7.